The SMILES string of the molecule is COc1ccccc1NC(=O)N(Cc1ccc(F)cc1)Cc1cc2cc(C)ccc2[nH]c1=O. The van der Waals surface area contributed by atoms with Gasteiger partial charge < -0.3 is 19.9 Å². The molecule has 168 valence electrons. The summed E-state index contributed by atoms with van der Waals surface area (Å²) in [5.41, 5.74) is 3.23. The molecule has 0 bridgehead atoms. The lowest BCUT2D eigenvalue weighted by Crippen LogP contribution is -2.35. The molecule has 0 fully saturated rings. The number of urea groups is 1. The Morgan fingerprint density at radius 2 is 1.79 bits per heavy atom. The Kier molecular flexibility index (Phi) is 6.40. The molecule has 0 aliphatic rings. The van der Waals surface area contributed by atoms with Crippen molar-refractivity contribution in [1.29, 1.82) is 0 Å². The molecule has 1 heterocycles. The third kappa shape index (κ3) is 5.20. The van der Waals surface area contributed by atoms with Crippen molar-refractivity contribution < 1.29 is 13.9 Å². The van der Waals surface area contributed by atoms with Crippen LogP contribution >= 0.6 is 0 Å². The van der Waals surface area contributed by atoms with Crippen molar-refractivity contribution >= 4 is 22.6 Å². The molecule has 0 saturated heterocycles. The van der Waals surface area contributed by atoms with Gasteiger partial charge in [-0.05, 0) is 60.3 Å². The standard InChI is InChI=1S/C26H24FN3O3/c1-17-7-12-22-19(13-17)14-20(25(31)28-22)16-30(15-18-8-10-21(27)11-9-18)26(32)29-23-5-3-4-6-24(23)33-2/h3-14H,15-16H2,1-2H3,(H,28,31)(H,29,32). The number of hydrogen-bond donors (Lipinski definition) is 2. The maximum atomic E-state index is 13.4. The molecule has 0 radical (unpaired) electrons. The summed E-state index contributed by atoms with van der Waals surface area (Å²) in [6.07, 6.45) is 0. The van der Waals surface area contributed by atoms with Crippen LogP contribution < -0.4 is 15.6 Å². The summed E-state index contributed by atoms with van der Waals surface area (Å²) in [7, 11) is 1.53. The molecule has 0 aliphatic carbocycles. The summed E-state index contributed by atoms with van der Waals surface area (Å²) in [5.74, 6) is 0.164. The van der Waals surface area contributed by atoms with E-state index in [2.05, 4.69) is 10.3 Å². The van der Waals surface area contributed by atoms with Crippen molar-refractivity contribution in [3.05, 3.63) is 106 Å². The zero-order chi connectivity index (χ0) is 23.4. The number of aromatic amines is 1. The molecule has 4 aromatic rings. The van der Waals surface area contributed by atoms with Crippen LogP contribution in [0.25, 0.3) is 10.9 Å². The zero-order valence-corrected chi connectivity index (χ0v) is 18.4. The fourth-order valence-corrected chi connectivity index (χ4v) is 3.65. The van der Waals surface area contributed by atoms with Crippen molar-refractivity contribution in [1.82, 2.24) is 9.88 Å². The van der Waals surface area contributed by atoms with Crippen LogP contribution in [-0.4, -0.2) is 23.0 Å². The van der Waals surface area contributed by atoms with E-state index in [0.29, 0.717) is 17.0 Å². The van der Waals surface area contributed by atoms with Crippen molar-refractivity contribution in [3.8, 4) is 5.75 Å². The lowest BCUT2D eigenvalue weighted by molar-refractivity contribution is 0.206. The molecule has 7 heteroatoms. The van der Waals surface area contributed by atoms with Gasteiger partial charge in [-0.15, -0.1) is 0 Å². The number of carbonyl (C=O) groups is 1. The third-order valence-electron chi connectivity index (χ3n) is 5.36. The lowest BCUT2D eigenvalue weighted by Gasteiger charge is -2.24. The molecule has 33 heavy (non-hydrogen) atoms. The topological polar surface area (TPSA) is 74.4 Å². The van der Waals surface area contributed by atoms with E-state index in [4.69, 9.17) is 4.74 Å². The molecule has 0 saturated carbocycles. The van der Waals surface area contributed by atoms with Gasteiger partial charge in [-0.25, -0.2) is 9.18 Å². The van der Waals surface area contributed by atoms with Gasteiger partial charge >= 0.3 is 6.03 Å². The van der Waals surface area contributed by atoms with E-state index in [9.17, 15) is 14.0 Å². The largest absolute Gasteiger partial charge is 0.495 e. The number of nitrogens with zero attached hydrogens (tertiary/aromatic N) is 1. The van der Waals surface area contributed by atoms with Gasteiger partial charge in [0.05, 0.1) is 19.3 Å². The summed E-state index contributed by atoms with van der Waals surface area (Å²) in [4.78, 5) is 30.4. The van der Waals surface area contributed by atoms with Crippen LogP contribution in [0.2, 0.25) is 0 Å². The smallest absolute Gasteiger partial charge is 0.322 e. The van der Waals surface area contributed by atoms with Crippen LogP contribution in [0.5, 0.6) is 5.75 Å². The molecule has 0 atom stereocenters. The first kappa shape index (κ1) is 22.1. The Bertz CT molecular complexity index is 1350. The number of halogens is 1. The van der Waals surface area contributed by atoms with Gasteiger partial charge in [0.15, 0.2) is 0 Å². The average Bonchev–Trinajstić information content (AvgIpc) is 2.81. The van der Waals surface area contributed by atoms with Crippen molar-refractivity contribution in [2.24, 2.45) is 0 Å². The number of aryl methyl sites for hydroxylation is 1. The number of pyridine rings is 1. The van der Waals surface area contributed by atoms with E-state index in [0.717, 1.165) is 22.0 Å². The summed E-state index contributed by atoms with van der Waals surface area (Å²) >= 11 is 0. The van der Waals surface area contributed by atoms with E-state index in [1.165, 1.54) is 24.1 Å². The van der Waals surface area contributed by atoms with Crippen LogP contribution in [0.1, 0.15) is 16.7 Å². The fraction of sp³-hybridized carbons (Fsp3) is 0.154. The minimum atomic E-state index is -0.410. The quantitative estimate of drug-likeness (QED) is 0.427. The van der Waals surface area contributed by atoms with Crippen LogP contribution in [0.15, 0.2) is 77.6 Å². The van der Waals surface area contributed by atoms with Crippen LogP contribution in [0.4, 0.5) is 14.9 Å². The van der Waals surface area contributed by atoms with Gasteiger partial charge in [0, 0.05) is 17.6 Å². The second kappa shape index (κ2) is 9.56. The molecule has 0 spiro atoms. The number of aromatic nitrogens is 1. The number of hydrogen-bond acceptors (Lipinski definition) is 3. The number of carbonyl (C=O) groups excluding carboxylic acids is 1. The number of amides is 2. The van der Waals surface area contributed by atoms with E-state index in [1.807, 2.05) is 25.1 Å². The first-order chi connectivity index (χ1) is 15.9. The number of anilines is 1. The van der Waals surface area contributed by atoms with Crippen LogP contribution in [-0.2, 0) is 13.1 Å². The highest BCUT2D eigenvalue weighted by Crippen LogP contribution is 2.24. The monoisotopic (exact) mass is 445 g/mol. The Labute approximate surface area is 190 Å². The molecule has 3 aromatic carbocycles. The van der Waals surface area contributed by atoms with E-state index >= 15 is 0 Å². The zero-order valence-electron chi connectivity index (χ0n) is 18.4. The summed E-state index contributed by atoms with van der Waals surface area (Å²) in [5, 5.41) is 3.74. The lowest BCUT2D eigenvalue weighted by atomic mass is 10.1. The highest BCUT2D eigenvalue weighted by atomic mass is 19.1. The number of benzene rings is 3. The Morgan fingerprint density at radius 1 is 1.03 bits per heavy atom. The van der Waals surface area contributed by atoms with Crippen LogP contribution in [0, 0.1) is 12.7 Å². The minimum Gasteiger partial charge on any atom is -0.495 e. The van der Waals surface area contributed by atoms with Gasteiger partial charge in [-0.1, -0.05) is 35.9 Å². The first-order valence-electron chi connectivity index (χ1n) is 10.5. The number of ether oxygens (including phenoxy) is 1. The predicted molar refractivity (Wildman–Crippen MR) is 127 cm³/mol. The van der Waals surface area contributed by atoms with Gasteiger partial charge in [0.25, 0.3) is 5.56 Å². The highest BCUT2D eigenvalue weighted by Gasteiger charge is 2.18. The molecular formula is C26H24FN3O3. The normalized spacial score (nSPS) is 10.8. The van der Waals surface area contributed by atoms with Gasteiger partial charge in [0.1, 0.15) is 11.6 Å². The minimum absolute atomic E-state index is 0.0670. The Balaban J connectivity index is 1.67. The van der Waals surface area contributed by atoms with E-state index < -0.39 is 6.03 Å². The number of H-pyrrole nitrogens is 1. The van der Waals surface area contributed by atoms with Crippen molar-refractivity contribution in [2.75, 3.05) is 12.4 Å². The number of methoxy groups -OCH3 is 1. The van der Waals surface area contributed by atoms with Crippen molar-refractivity contribution in [2.45, 2.75) is 20.0 Å². The van der Waals surface area contributed by atoms with E-state index in [-0.39, 0.29) is 24.5 Å². The number of rotatable bonds is 6. The maximum Gasteiger partial charge on any atom is 0.322 e. The number of nitrogens with one attached hydrogen (secondary N) is 2. The summed E-state index contributed by atoms with van der Waals surface area (Å²) in [6.45, 7) is 2.23. The Morgan fingerprint density at radius 3 is 2.55 bits per heavy atom. The molecule has 6 nitrogen and oxygen atoms in total. The highest BCUT2D eigenvalue weighted by molar-refractivity contribution is 5.91. The second-order valence-corrected chi connectivity index (χ2v) is 7.83. The molecule has 4 rings (SSSR count). The van der Waals surface area contributed by atoms with Gasteiger partial charge in [-0.2, -0.15) is 0 Å². The fourth-order valence-electron chi connectivity index (χ4n) is 3.65. The first-order valence-corrected chi connectivity index (χ1v) is 10.5. The molecule has 0 unspecified atom stereocenters. The molecule has 2 amide bonds. The van der Waals surface area contributed by atoms with Crippen molar-refractivity contribution in [3.63, 3.8) is 0 Å². The number of para-hydroxylation sites is 2. The maximum absolute atomic E-state index is 13.4. The van der Waals surface area contributed by atoms with Gasteiger partial charge in [-0.3, -0.25) is 4.79 Å². The molecule has 0 aliphatic heterocycles. The molecule has 2 N–H and O–H groups in total. The Hall–Kier alpha value is -4.13. The second-order valence-electron chi connectivity index (χ2n) is 7.83. The molecular weight excluding hydrogens is 421 g/mol. The average molecular weight is 445 g/mol. The third-order valence-corrected chi connectivity index (χ3v) is 5.36. The van der Waals surface area contributed by atoms with E-state index in [1.54, 1.807) is 42.5 Å². The summed E-state index contributed by atoms with van der Waals surface area (Å²) < 4.78 is 18.7. The molecule has 1 aromatic heterocycles. The number of fused-ring (bicyclic) bond motifs is 1. The predicted octanol–water partition coefficient (Wildman–Crippen LogP) is 5.22. The van der Waals surface area contributed by atoms with Gasteiger partial charge in [0.2, 0.25) is 0 Å². The summed E-state index contributed by atoms with van der Waals surface area (Å²) in [6, 6.07) is 20.2. The van der Waals surface area contributed by atoms with Crippen LogP contribution in [0.3, 0.4) is 0 Å².